The Balaban J connectivity index is 1.59. The van der Waals surface area contributed by atoms with Gasteiger partial charge in [0.2, 0.25) is 0 Å². The van der Waals surface area contributed by atoms with Crippen molar-refractivity contribution in [2.24, 2.45) is 0 Å². The largest absolute Gasteiger partial charge is 0.295 e. The molecule has 0 saturated carbocycles. The van der Waals surface area contributed by atoms with E-state index in [1.54, 1.807) is 0 Å². The molecule has 1 aliphatic rings. The molecule has 0 spiro atoms. The lowest BCUT2D eigenvalue weighted by Gasteiger charge is -2.26. The first-order chi connectivity index (χ1) is 9.42. The molecule has 0 bridgehead atoms. The lowest BCUT2D eigenvalue weighted by molar-refractivity contribution is 0.279. The number of aromatic nitrogens is 1. The molecule has 0 atom stereocenters. The molecule has 2 nitrogen and oxygen atoms in total. The maximum atomic E-state index is 4.44. The second kappa shape index (κ2) is 5.81. The van der Waals surface area contributed by atoms with Crippen molar-refractivity contribution >= 4 is 6.08 Å². The van der Waals surface area contributed by atoms with Gasteiger partial charge >= 0.3 is 0 Å². The first-order valence-corrected chi connectivity index (χ1v) is 6.78. The maximum absolute atomic E-state index is 4.44. The van der Waals surface area contributed by atoms with Crippen LogP contribution in [0.2, 0.25) is 0 Å². The van der Waals surface area contributed by atoms with Crippen LogP contribution in [-0.4, -0.2) is 23.0 Å². The summed E-state index contributed by atoms with van der Waals surface area (Å²) < 4.78 is 0. The Morgan fingerprint density at radius 1 is 1.11 bits per heavy atom. The molecule has 0 fully saturated rings. The van der Waals surface area contributed by atoms with E-state index in [2.05, 4.69) is 52.4 Å². The SMILES string of the molecule is C(=C\c1ccccc1)/CN1CCc2ncccc2C1. The monoisotopic (exact) mass is 250 g/mol. The maximum Gasteiger partial charge on any atom is 0.0461 e. The Kier molecular flexibility index (Phi) is 3.70. The quantitative estimate of drug-likeness (QED) is 0.832. The van der Waals surface area contributed by atoms with Crippen LogP contribution < -0.4 is 0 Å². The van der Waals surface area contributed by atoms with Crippen LogP contribution in [0.15, 0.2) is 54.7 Å². The predicted octanol–water partition coefficient (Wildman–Crippen LogP) is 3.15. The molecule has 2 heterocycles. The Labute approximate surface area is 114 Å². The van der Waals surface area contributed by atoms with E-state index >= 15 is 0 Å². The average molecular weight is 250 g/mol. The minimum atomic E-state index is 1.00. The zero-order valence-corrected chi connectivity index (χ0v) is 11.0. The summed E-state index contributed by atoms with van der Waals surface area (Å²) >= 11 is 0. The minimum absolute atomic E-state index is 1.00. The number of pyridine rings is 1. The van der Waals surface area contributed by atoms with Crippen molar-refractivity contribution in [1.29, 1.82) is 0 Å². The van der Waals surface area contributed by atoms with Crippen molar-refractivity contribution in [2.75, 3.05) is 13.1 Å². The van der Waals surface area contributed by atoms with Crippen LogP contribution in [0.25, 0.3) is 6.08 Å². The lowest BCUT2D eigenvalue weighted by atomic mass is 10.1. The first-order valence-electron chi connectivity index (χ1n) is 6.78. The van der Waals surface area contributed by atoms with Gasteiger partial charge in [-0.05, 0) is 17.2 Å². The highest BCUT2D eigenvalue weighted by Crippen LogP contribution is 2.16. The Morgan fingerprint density at radius 3 is 2.89 bits per heavy atom. The molecule has 2 aromatic rings. The van der Waals surface area contributed by atoms with Gasteiger partial charge in [0.05, 0.1) is 0 Å². The summed E-state index contributed by atoms with van der Waals surface area (Å²) in [4.78, 5) is 6.90. The molecule has 2 heteroatoms. The molecule has 1 aromatic heterocycles. The van der Waals surface area contributed by atoms with Crippen LogP contribution in [-0.2, 0) is 13.0 Å². The van der Waals surface area contributed by atoms with Gasteiger partial charge in [0.1, 0.15) is 0 Å². The summed E-state index contributed by atoms with van der Waals surface area (Å²) in [5, 5.41) is 0. The molecule has 96 valence electrons. The molecule has 3 rings (SSSR count). The summed E-state index contributed by atoms with van der Waals surface area (Å²) in [5.41, 5.74) is 3.91. The third-order valence-corrected chi connectivity index (χ3v) is 3.52. The van der Waals surface area contributed by atoms with Crippen LogP contribution in [0, 0.1) is 0 Å². The van der Waals surface area contributed by atoms with E-state index in [1.807, 2.05) is 18.3 Å². The van der Waals surface area contributed by atoms with Gasteiger partial charge < -0.3 is 0 Å². The number of hydrogen-bond donors (Lipinski definition) is 0. The second-order valence-electron chi connectivity index (χ2n) is 4.91. The van der Waals surface area contributed by atoms with Crippen molar-refractivity contribution in [3.8, 4) is 0 Å². The molecular weight excluding hydrogens is 232 g/mol. The van der Waals surface area contributed by atoms with Gasteiger partial charge in [-0.15, -0.1) is 0 Å². The molecule has 1 aromatic carbocycles. The van der Waals surface area contributed by atoms with E-state index < -0.39 is 0 Å². The third-order valence-electron chi connectivity index (χ3n) is 3.52. The fraction of sp³-hybridized carbons (Fsp3) is 0.235. The zero-order chi connectivity index (χ0) is 12.9. The third kappa shape index (κ3) is 3.09. The lowest BCUT2D eigenvalue weighted by Crippen LogP contribution is -2.31. The van der Waals surface area contributed by atoms with Gasteiger partial charge in [0.25, 0.3) is 0 Å². The summed E-state index contributed by atoms with van der Waals surface area (Å²) in [7, 11) is 0. The van der Waals surface area contributed by atoms with Crippen LogP contribution >= 0.6 is 0 Å². The van der Waals surface area contributed by atoms with Gasteiger partial charge in [-0.25, -0.2) is 0 Å². The average Bonchev–Trinajstić information content (AvgIpc) is 2.48. The van der Waals surface area contributed by atoms with Crippen LogP contribution in [0.4, 0.5) is 0 Å². The van der Waals surface area contributed by atoms with Gasteiger partial charge in [0.15, 0.2) is 0 Å². The Morgan fingerprint density at radius 2 is 2.00 bits per heavy atom. The number of hydrogen-bond acceptors (Lipinski definition) is 2. The highest BCUT2D eigenvalue weighted by molar-refractivity contribution is 5.48. The van der Waals surface area contributed by atoms with Gasteiger partial charge in [-0.3, -0.25) is 9.88 Å². The molecule has 0 unspecified atom stereocenters. The van der Waals surface area contributed by atoms with Gasteiger partial charge in [-0.2, -0.15) is 0 Å². The van der Waals surface area contributed by atoms with Crippen LogP contribution in [0.3, 0.4) is 0 Å². The van der Waals surface area contributed by atoms with Crippen LogP contribution in [0.1, 0.15) is 16.8 Å². The standard InChI is InChI=1S/C17H18N2/c1-2-6-15(7-3-1)8-5-12-19-13-10-17-16(14-19)9-4-11-18-17/h1-9,11H,10,12-14H2/b8-5+. The van der Waals surface area contributed by atoms with E-state index in [9.17, 15) is 0 Å². The Bertz CT molecular complexity index is 560. The first kappa shape index (κ1) is 12.1. The highest BCUT2D eigenvalue weighted by atomic mass is 15.1. The molecule has 0 amide bonds. The number of nitrogens with zero attached hydrogens (tertiary/aromatic N) is 2. The summed E-state index contributed by atoms with van der Waals surface area (Å²) in [6.07, 6.45) is 7.40. The van der Waals surface area contributed by atoms with E-state index in [0.717, 1.165) is 26.1 Å². The number of rotatable bonds is 3. The molecule has 0 aliphatic carbocycles. The molecule has 0 N–H and O–H groups in total. The van der Waals surface area contributed by atoms with Crippen LogP contribution in [0.5, 0.6) is 0 Å². The Hall–Kier alpha value is -1.93. The minimum Gasteiger partial charge on any atom is -0.295 e. The fourth-order valence-electron chi connectivity index (χ4n) is 2.48. The highest BCUT2D eigenvalue weighted by Gasteiger charge is 2.14. The van der Waals surface area contributed by atoms with Crippen molar-refractivity contribution in [3.05, 3.63) is 71.6 Å². The predicted molar refractivity (Wildman–Crippen MR) is 78.7 cm³/mol. The fourth-order valence-corrected chi connectivity index (χ4v) is 2.48. The van der Waals surface area contributed by atoms with Gasteiger partial charge in [0, 0.05) is 37.9 Å². The number of fused-ring (bicyclic) bond motifs is 1. The van der Waals surface area contributed by atoms with Crippen molar-refractivity contribution in [2.45, 2.75) is 13.0 Å². The molecule has 0 saturated heterocycles. The van der Waals surface area contributed by atoms with E-state index in [0.29, 0.717) is 0 Å². The molecule has 1 aliphatic heterocycles. The van der Waals surface area contributed by atoms with Crippen molar-refractivity contribution in [1.82, 2.24) is 9.88 Å². The van der Waals surface area contributed by atoms with E-state index in [4.69, 9.17) is 0 Å². The summed E-state index contributed by atoms with van der Waals surface area (Å²) in [6.45, 7) is 3.12. The van der Waals surface area contributed by atoms with E-state index in [-0.39, 0.29) is 0 Å². The molecule has 0 radical (unpaired) electrons. The summed E-state index contributed by atoms with van der Waals surface area (Å²) in [6, 6.07) is 14.7. The summed E-state index contributed by atoms with van der Waals surface area (Å²) in [5.74, 6) is 0. The van der Waals surface area contributed by atoms with Crippen molar-refractivity contribution < 1.29 is 0 Å². The molecular formula is C17H18N2. The normalized spacial score (nSPS) is 15.6. The smallest absolute Gasteiger partial charge is 0.0461 e. The number of benzene rings is 1. The molecule has 19 heavy (non-hydrogen) atoms. The van der Waals surface area contributed by atoms with E-state index in [1.165, 1.54) is 16.8 Å². The van der Waals surface area contributed by atoms with Crippen molar-refractivity contribution in [3.63, 3.8) is 0 Å². The second-order valence-corrected chi connectivity index (χ2v) is 4.91. The van der Waals surface area contributed by atoms with Gasteiger partial charge in [-0.1, -0.05) is 48.6 Å². The zero-order valence-electron chi connectivity index (χ0n) is 11.0. The topological polar surface area (TPSA) is 16.1 Å².